The lowest BCUT2D eigenvalue weighted by Gasteiger charge is -2.09. The predicted molar refractivity (Wildman–Crippen MR) is 39.7 cm³/mol. The molecule has 0 aromatic rings. The predicted octanol–water partition coefficient (Wildman–Crippen LogP) is -1.41. The molecule has 6 heteroatoms. The van der Waals surface area contributed by atoms with Gasteiger partial charge in [0.15, 0.2) is 11.6 Å². The van der Waals surface area contributed by atoms with Crippen LogP contribution in [-0.2, 0) is 9.59 Å². The van der Waals surface area contributed by atoms with E-state index in [-0.39, 0.29) is 17.2 Å². The Hall–Kier alpha value is -2.07. The SMILES string of the molecule is NC1=C(C(=O)O)N=CC(=C=O)N1. The van der Waals surface area contributed by atoms with E-state index in [2.05, 4.69) is 10.3 Å². The van der Waals surface area contributed by atoms with E-state index in [1.54, 1.807) is 0 Å². The zero-order valence-corrected chi connectivity index (χ0v) is 5.87. The Labute approximate surface area is 67.1 Å². The third kappa shape index (κ3) is 1.33. The Balaban J connectivity index is 3.03. The highest BCUT2D eigenvalue weighted by Gasteiger charge is 2.15. The molecule has 0 aromatic heterocycles. The Morgan fingerprint density at radius 3 is 2.83 bits per heavy atom. The zero-order chi connectivity index (χ0) is 9.14. The van der Waals surface area contributed by atoms with Gasteiger partial charge in [-0.05, 0) is 0 Å². The summed E-state index contributed by atoms with van der Waals surface area (Å²) < 4.78 is 0. The van der Waals surface area contributed by atoms with Gasteiger partial charge in [-0.3, -0.25) is 0 Å². The van der Waals surface area contributed by atoms with E-state index in [4.69, 9.17) is 10.8 Å². The van der Waals surface area contributed by atoms with E-state index in [0.29, 0.717) is 0 Å². The van der Waals surface area contributed by atoms with E-state index < -0.39 is 5.97 Å². The molecule has 0 fully saturated rings. The summed E-state index contributed by atoms with van der Waals surface area (Å²) in [6.45, 7) is 0. The van der Waals surface area contributed by atoms with Gasteiger partial charge < -0.3 is 16.2 Å². The van der Waals surface area contributed by atoms with Crippen molar-refractivity contribution in [3.8, 4) is 0 Å². The molecule has 0 aromatic carbocycles. The fourth-order valence-electron chi connectivity index (χ4n) is 0.657. The van der Waals surface area contributed by atoms with Crippen LogP contribution >= 0.6 is 0 Å². The molecule has 0 atom stereocenters. The lowest BCUT2D eigenvalue weighted by atomic mass is 10.3. The molecular weight excluding hydrogens is 162 g/mol. The number of aliphatic carboxylic acids is 1. The van der Waals surface area contributed by atoms with E-state index >= 15 is 0 Å². The molecule has 0 saturated carbocycles. The number of carbonyl (C=O) groups excluding carboxylic acids is 1. The van der Waals surface area contributed by atoms with Crippen molar-refractivity contribution in [2.45, 2.75) is 0 Å². The fraction of sp³-hybridized carbons (Fsp3) is 0. The van der Waals surface area contributed by atoms with Crippen molar-refractivity contribution in [2.24, 2.45) is 10.7 Å². The lowest BCUT2D eigenvalue weighted by molar-refractivity contribution is -0.132. The Bertz CT molecular complexity index is 336. The number of nitrogens with zero attached hydrogens (tertiary/aromatic N) is 1. The van der Waals surface area contributed by atoms with Gasteiger partial charge >= 0.3 is 5.97 Å². The fourth-order valence-corrected chi connectivity index (χ4v) is 0.657. The number of carboxylic acids is 1. The number of aliphatic imine (C=N–C) groups is 1. The van der Waals surface area contributed by atoms with Crippen LogP contribution < -0.4 is 11.1 Å². The number of rotatable bonds is 1. The molecule has 62 valence electrons. The molecule has 1 rings (SSSR count). The van der Waals surface area contributed by atoms with Gasteiger partial charge in [-0.25, -0.2) is 14.6 Å². The minimum absolute atomic E-state index is 0.0116. The van der Waals surface area contributed by atoms with Crippen molar-refractivity contribution in [2.75, 3.05) is 0 Å². The second-order valence-corrected chi connectivity index (χ2v) is 1.97. The van der Waals surface area contributed by atoms with Gasteiger partial charge in [0.05, 0.1) is 6.21 Å². The summed E-state index contributed by atoms with van der Waals surface area (Å²) in [5.74, 6) is 0.0805. The van der Waals surface area contributed by atoms with E-state index in [9.17, 15) is 9.59 Å². The highest BCUT2D eigenvalue weighted by Crippen LogP contribution is 2.04. The van der Waals surface area contributed by atoms with Crippen LogP contribution in [0, 0.1) is 0 Å². The van der Waals surface area contributed by atoms with E-state index in [1.807, 2.05) is 0 Å². The van der Waals surface area contributed by atoms with Crippen LogP contribution in [0.2, 0.25) is 0 Å². The molecule has 0 saturated heterocycles. The van der Waals surface area contributed by atoms with Crippen molar-refractivity contribution in [3.63, 3.8) is 0 Å². The van der Waals surface area contributed by atoms with Gasteiger partial charge in [-0.2, -0.15) is 0 Å². The highest BCUT2D eigenvalue weighted by atomic mass is 16.4. The monoisotopic (exact) mass is 167 g/mol. The maximum Gasteiger partial charge on any atom is 0.358 e. The molecule has 12 heavy (non-hydrogen) atoms. The van der Waals surface area contributed by atoms with Crippen molar-refractivity contribution in [1.82, 2.24) is 5.32 Å². The van der Waals surface area contributed by atoms with Crippen LogP contribution in [0.5, 0.6) is 0 Å². The first-order valence-corrected chi connectivity index (χ1v) is 2.94. The van der Waals surface area contributed by atoms with Gasteiger partial charge in [0.2, 0.25) is 0 Å². The molecule has 0 radical (unpaired) electrons. The van der Waals surface area contributed by atoms with Gasteiger partial charge in [0, 0.05) is 0 Å². The van der Waals surface area contributed by atoms with E-state index in [0.717, 1.165) is 6.21 Å². The van der Waals surface area contributed by atoms with Crippen LogP contribution in [0.4, 0.5) is 0 Å². The first-order valence-electron chi connectivity index (χ1n) is 2.94. The van der Waals surface area contributed by atoms with Crippen molar-refractivity contribution < 1.29 is 14.7 Å². The molecular formula is C6H5N3O3. The average Bonchev–Trinajstić information content (AvgIpc) is 2.03. The normalized spacial score (nSPS) is 15.5. The number of nitrogens with one attached hydrogen (secondary N) is 1. The van der Waals surface area contributed by atoms with Crippen LogP contribution in [0.15, 0.2) is 22.2 Å². The van der Waals surface area contributed by atoms with Crippen molar-refractivity contribution in [3.05, 3.63) is 17.2 Å². The van der Waals surface area contributed by atoms with E-state index in [1.165, 1.54) is 5.94 Å². The third-order valence-corrected chi connectivity index (χ3v) is 1.16. The Morgan fingerprint density at radius 1 is 1.75 bits per heavy atom. The number of hydrogen-bond donors (Lipinski definition) is 3. The third-order valence-electron chi connectivity index (χ3n) is 1.16. The molecule has 0 spiro atoms. The van der Waals surface area contributed by atoms with Crippen molar-refractivity contribution >= 4 is 18.1 Å². The lowest BCUT2D eigenvalue weighted by Crippen LogP contribution is -2.28. The smallest absolute Gasteiger partial charge is 0.358 e. The average molecular weight is 167 g/mol. The summed E-state index contributed by atoms with van der Waals surface area (Å²) in [6, 6.07) is 0. The largest absolute Gasteiger partial charge is 0.476 e. The van der Waals surface area contributed by atoms with Gasteiger partial charge in [-0.1, -0.05) is 0 Å². The van der Waals surface area contributed by atoms with Crippen LogP contribution in [0.3, 0.4) is 0 Å². The molecule has 4 N–H and O–H groups in total. The topological polar surface area (TPSA) is 105 Å². The summed E-state index contributed by atoms with van der Waals surface area (Å²) in [4.78, 5) is 23.8. The summed E-state index contributed by atoms with van der Waals surface area (Å²) in [5.41, 5.74) is 4.92. The summed E-state index contributed by atoms with van der Waals surface area (Å²) in [5, 5.41) is 10.8. The number of carboxylic acid groups (broad SMARTS) is 1. The standard InChI is InChI=1S/C6H5N3O3/c7-5-4(6(11)12)8-1-3(2-10)9-5/h1,9H,7H2,(H,11,12). The van der Waals surface area contributed by atoms with Crippen molar-refractivity contribution in [1.29, 1.82) is 0 Å². The minimum atomic E-state index is -1.25. The molecule has 1 heterocycles. The molecule has 0 aliphatic carbocycles. The number of allylic oxidation sites excluding steroid dienone is 1. The van der Waals surface area contributed by atoms with Gasteiger partial charge in [0.1, 0.15) is 11.5 Å². The second-order valence-electron chi connectivity index (χ2n) is 1.97. The molecule has 6 nitrogen and oxygen atoms in total. The Morgan fingerprint density at radius 2 is 2.42 bits per heavy atom. The molecule has 0 bridgehead atoms. The first-order chi connectivity index (χ1) is 5.65. The maximum absolute atomic E-state index is 10.4. The highest BCUT2D eigenvalue weighted by molar-refractivity contribution is 5.96. The summed E-state index contributed by atoms with van der Waals surface area (Å²) in [7, 11) is 0. The first kappa shape index (κ1) is 8.03. The zero-order valence-electron chi connectivity index (χ0n) is 5.87. The number of carbonyl (C=O) groups is 1. The maximum atomic E-state index is 10.4. The minimum Gasteiger partial charge on any atom is -0.476 e. The molecule has 1 aliphatic rings. The number of nitrogens with two attached hydrogens (primary N) is 1. The van der Waals surface area contributed by atoms with Crippen LogP contribution in [-0.4, -0.2) is 23.2 Å². The summed E-state index contributed by atoms with van der Waals surface area (Å²) in [6.07, 6.45) is 1.05. The molecule has 0 unspecified atom stereocenters. The quantitative estimate of drug-likeness (QED) is 0.416. The Kier molecular flexibility index (Phi) is 1.94. The second kappa shape index (κ2) is 2.89. The van der Waals surface area contributed by atoms with Gasteiger partial charge in [0.25, 0.3) is 0 Å². The van der Waals surface area contributed by atoms with Crippen LogP contribution in [0.25, 0.3) is 0 Å². The molecule has 0 amide bonds. The summed E-state index contributed by atoms with van der Waals surface area (Å²) >= 11 is 0. The number of hydrogen-bond acceptors (Lipinski definition) is 5. The van der Waals surface area contributed by atoms with Crippen LogP contribution in [0.1, 0.15) is 0 Å². The van der Waals surface area contributed by atoms with Gasteiger partial charge in [-0.15, -0.1) is 0 Å². The molecule has 1 aliphatic heterocycles.